The monoisotopic (exact) mass is 301 g/mol. The number of rotatable bonds is 9. The minimum absolute atomic E-state index is 0.119. The van der Waals surface area contributed by atoms with E-state index < -0.39 is 13.9 Å². The highest BCUT2D eigenvalue weighted by Gasteiger charge is 2.25. The van der Waals surface area contributed by atoms with E-state index in [1.54, 1.807) is 13.8 Å². The molecule has 0 aromatic heterocycles. The lowest BCUT2D eigenvalue weighted by atomic mass is 9.98. The fourth-order valence-electron chi connectivity index (χ4n) is 1.81. The first-order valence-electron chi connectivity index (χ1n) is 6.89. The zero-order valence-corrected chi connectivity index (χ0v) is 13.2. The highest BCUT2D eigenvalue weighted by molar-refractivity contribution is 7.51. The van der Waals surface area contributed by atoms with Gasteiger partial charge in [0, 0.05) is 6.54 Å². The van der Waals surface area contributed by atoms with Gasteiger partial charge in [0.2, 0.25) is 0 Å². The summed E-state index contributed by atoms with van der Waals surface area (Å²) >= 11 is 0. The zero-order chi connectivity index (χ0) is 15.0. The third-order valence-corrected chi connectivity index (χ3v) is 4.65. The molecular weight excluding hydrogens is 277 g/mol. The molecular formula is C14H24NO4P. The smallest absolute Gasteiger partial charge is 0.388 e. The SMILES string of the molecule is CCOP(=O)(NCC(C)C(O)c1ccccc1)OCC. The Morgan fingerprint density at radius 1 is 1.20 bits per heavy atom. The molecule has 0 heterocycles. The second-order valence-corrected chi connectivity index (χ2v) is 6.36. The predicted octanol–water partition coefficient (Wildman–Crippen LogP) is 3.13. The molecule has 2 atom stereocenters. The van der Waals surface area contributed by atoms with Crippen LogP contribution in [0.2, 0.25) is 0 Å². The maximum atomic E-state index is 12.2. The lowest BCUT2D eigenvalue weighted by molar-refractivity contribution is 0.117. The molecule has 0 saturated heterocycles. The first-order chi connectivity index (χ1) is 9.52. The van der Waals surface area contributed by atoms with Crippen LogP contribution in [0.1, 0.15) is 32.4 Å². The highest BCUT2D eigenvalue weighted by Crippen LogP contribution is 2.43. The molecule has 6 heteroatoms. The van der Waals surface area contributed by atoms with E-state index in [-0.39, 0.29) is 5.92 Å². The Hall–Kier alpha value is -0.710. The second-order valence-electron chi connectivity index (χ2n) is 4.53. The summed E-state index contributed by atoms with van der Waals surface area (Å²) < 4.78 is 22.5. The number of aliphatic hydroxyl groups excluding tert-OH is 1. The Labute approximate surface area is 120 Å². The van der Waals surface area contributed by atoms with Gasteiger partial charge in [0.25, 0.3) is 0 Å². The van der Waals surface area contributed by atoms with E-state index in [2.05, 4.69) is 5.09 Å². The van der Waals surface area contributed by atoms with Gasteiger partial charge in [-0.3, -0.25) is 9.05 Å². The second kappa shape index (κ2) is 8.55. The van der Waals surface area contributed by atoms with E-state index in [0.29, 0.717) is 19.8 Å². The molecule has 0 bridgehead atoms. The quantitative estimate of drug-likeness (QED) is 0.686. The highest BCUT2D eigenvalue weighted by atomic mass is 31.2. The summed E-state index contributed by atoms with van der Waals surface area (Å²) in [4.78, 5) is 0. The third kappa shape index (κ3) is 5.35. The molecule has 2 unspecified atom stereocenters. The van der Waals surface area contributed by atoms with Crippen molar-refractivity contribution in [3.8, 4) is 0 Å². The van der Waals surface area contributed by atoms with E-state index in [1.165, 1.54) is 0 Å². The van der Waals surface area contributed by atoms with Gasteiger partial charge in [0.1, 0.15) is 0 Å². The van der Waals surface area contributed by atoms with Crippen molar-refractivity contribution in [2.24, 2.45) is 5.92 Å². The average Bonchev–Trinajstić information content (AvgIpc) is 2.45. The summed E-state index contributed by atoms with van der Waals surface area (Å²) in [6.07, 6.45) is -0.625. The fourth-order valence-corrected chi connectivity index (χ4v) is 3.26. The van der Waals surface area contributed by atoms with Crippen molar-refractivity contribution in [2.45, 2.75) is 26.9 Å². The van der Waals surface area contributed by atoms with Crippen LogP contribution in [0.25, 0.3) is 0 Å². The largest absolute Gasteiger partial charge is 0.405 e. The number of hydrogen-bond acceptors (Lipinski definition) is 4. The van der Waals surface area contributed by atoms with Gasteiger partial charge in [-0.15, -0.1) is 0 Å². The minimum atomic E-state index is -3.27. The normalized spacial score (nSPS) is 15.0. The first kappa shape index (κ1) is 17.3. The lowest BCUT2D eigenvalue weighted by Gasteiger charge is -2.23. The Morgan fingerprint density at radius 3 is 2.25 bits per heavy atom. The summed E-state index contributed by atoms with van der Waals surface area (Å²) in [7, 11) is -3.27. The van der Waals surface area contributed by atoms with Crippen molar-refractivity contribution >= 4 is 7.75 Å². The van der Waals surface area contributed by atoms with Gasteiger partial charge in [0.15, 0.2) is 0 Å². The molecule has 5 nitrogen and oxygen atoms in total. The maximum absolute atomic E-state index is 12.2. The summed E-state index contributed by atoms with van der Waals surface area (Å²) in [6, 6.07) is 9.39. The molecule has 0 aliphatic heterocycles. The Morgan fingerprint density at radius 2 is 1.75 bits per heavy atom. The van der Waals surface area contributed by atoms with Gasteiger partial charge < -0.3 is 5.11 Å². The van der Waals surface area contributed by atoms with Crippen LogP contribution in [0.3, 0.4) is 0 Å². The van der Waals surface area contributed by atoms with Gasteiger partial charge >= 0.3 is 7.75 Å². The molecule has 0 fully saturated rings. The summed E-state index contributed by atoms with van der Waals surface area (Å²) in [5.41, 5.74) is 0.837. The number of hydrogen-bond donors (Lipinski definition) is 2. The number of benzene rings is 1. The zero-order valence-electron chi connectivity index (χ0n) is 12.3. The maximum Gasteiger partial charge on any atom is 0.405 e. The van der Waals surface area contributed by atoms with Crippen molar-refractivity contribution in [3.05, 3.63) is 35.9 Å². The molecule has 114 valence electrons. The average molecular weight is 301 g/mol. The van der Waals surface area contributed by atoms with Crippen LogP contribution in [0, 0.1) is 5.92 Å². The van der Waals surface area contributed by atoms with E-state index >= 15 is 0 Å². The van der Waals surface area contributed by atoms with Crippen LogP contribution >= 0.6 is 7.75 Å². The van der Waals surface area contributed by atoms with E-state index in [0.717, 1.165) is 5.56 Å². The van der Waals surface area contributed by atoms with E-state index in [4.69, 9.17) is 9.05 Å². The molecule has 0 radical (unpaired) electrons. The minimum Gasteiger partial charge on any atom is -0.388 e. The molecule has 0 amide bonds. The van der Waals surface area contributed by atoms with Crippen molar-refractivity contribution in [1.82, 2.24) is 5.09 Å². The molecule has 0 spiro atoms. The van der Waals surface area contributed by atoms with Gasteiger partial charge in [0.05, 0.1) is 19.3 Å². The summed E-state index contributed by atoms with van der Waals surface area (Å²) in [5, 5.41) is 13.0. The Bertz CT molecular complexity index is 416. The van der Waals surface area contributed by atoms with Crippen molar-refractivity contribution in [2.75, 3.05) is 19.8 Å². The topological polar surface area (TPSA) is 67.8 Å². The number of aliphatic hydroxyl groups is 1. The van der Waals surface area contributed by atoms with Crippen LogP contribution < -0.4 is 5.09 Å². The summed E-state index contributed by atoms with van der Waals surface area (Å²) in [5.74, 6) is -0.119. The molecule has 0 aliphatic carbocycles. The van der Waals surface area contributed by atoms with Gasteiger partial charge in [-0.25, -0.2) is 9.65 Å². The van der Waals surface area contributed by atoms with Crippen LogP contribution in [-0.4, -0.2) is 24.9 Å². The molecule has 1 aromatic carbocycles. The van der Waals surface area contributed by atoms with Crippen LogP contribution in [0.4, 0.5) is 0 Å². The third-order valence-electron chi connectivity index (χ3n) is 2.89. The van der Waals surface area contributed by atoms with Gasteiger partial charge in [-0.1, -0.05) is 37.3 Å². The molecule has 0 saturated carbocycles. The van der Waals surface area contributed by atoms with Gasteiger partial charge in [-0.2, -0.15) is 0 Å². The van der Waals surface area contributed by atoms with Crippen LogP contribution in [0.5, 0.6) is 0 Å². The Balaban J connectivity index is 2.57. The molecule has 2 N–H and O–H groups in total. The molecule has 20 heavy (non-hydrogen) atoms. The van der Waals surface area contributed by atoms with Crippen LogP contribution in [-0.2, 0) is 13.6 Å². The Kier molecular flexibility index (Phi) is 7.41. The predicted molar refractivity (Wildman–Crippen MR) is 79.4 cm³/mol. The summed E-state index contributed by atoms with van der Waals surface area (Å²) in [6.45, 7) is 6.35. The van der Waals surface area contributed by atoms with Crippen molar-refractivity contribution in [1.29, 1.82) is 0 Å². The fraction of sp³-hybridized carbons (Fsp3) is 0.571. The lowest BCUT2D eigenvalue weighted by Crippen LogP contribution is -2.25. The molecule has 1 aromatic rings. The van der Waals surface area contributed by atoms with E-state index in [1.807, 2.05) is 37.3 Å². The van der Waals surface area contributed by atoms with Crippen molar-refractivity contribution in [3.63, 3.8) is 0 Å². The van der Waals surface area contributed by atoms with Gasteiger partial charge in [-0.05, 0) is 25.3 Å². The molecule has 1 rings (SSSR count). The van der Waals surface area contributed by atoms with E-state index in [9.17, 15) is 9.67 Å². The standard InChI is InChI=1S/C14H24NO4P/c1-4-18-20(17,19-5-2)15-11-12(3)14(16)13-9-7-6-8-10-13/h6-10,12,14,16H,4-5,11H2,1-3H3,(H,15,17). The molecule has 0 aliphatic rings. The van der Waals surface area contributed by atoms with Crippen molar-refractivity contribution < 1.29 is 18.7 Å². The number of nitrogens with one attached hydrogen (secondary N) is 1. The van der Waals surface area contributed by atoms with Crippen LogP contribution in [0.15, 0.2) is 30.3 Å². The first-order valence-corrected chi connectivity index (χ1v) is 8.44.